The molecule has 1 aliphatic heterocycles. The van der Waals surface area contributed by atoms with Gasteiger partial charge < -0.3 is 10.3 Å². The summed E-state index contributed by atoms with van der Waals surface area (Å²) < 4.78 is 26.0. The maximum absolute atomic E-state index is 12.2. The van der Waals surface area contributed by atoms with Crippen molar-refractivity contribution in [1.82, 2.24) is 19.6 Å². The SMILES string of the molecule is CCNCC1CCN(S(=O)(=O)c2cnc[nH]2)CC1. The van der Waals surface area contributed by atoms with Gasteiger partial charge in [-0.1, -0.05) is 6.92 Å². The second-order valence-electron chi connectivity index (χ2n) is 4.57. The van der Waals surface area contributed by atoms with E-state index in [1.54, 1.807) is 4.31 Å². The van der Waals surface area contributed by atoms with Crippen molar-refractivity contribution in [3.63, 3.8) is 0 Å². The number of hydrogen-bond acceptors (Lipinski definition) is 4. The molecular formula is C11H20N4O2S. The highest BCUT2D eigenvalue weighted by atomic mass is 32.2. The molecular weight excluding hydrogens is 252 g/mol. The molecule has 0 unspecified atom stereocenters. The average molecular weight is 272 g/mol. The van der Waals surface area contributed by atoms with Crippen LogP contribution in [0.25, 0.3) is 0 Å². The smallest absolute Gasteiger partial charge is 0.260 e. The number of nitrogens with one attached hydrogen (secondary N) is 2. The number of rotatable bonds is 5. The first kappa shape index (κ1) is 13.5. The molecule has 1 fully saturated rings. The highest BCUT2D eigenvalue weighted by molar-refractivity contribution is 7.89. The second-order valence-corrected chi connectivity index (χ2v) is 6.48. The number of piperidine rings is 1. The van der Waals surface area contributed by atoms with Crippen LogP contribution in [0.15, 0.2) is 17.6 Å². The number of imidazole rings is 1. The van der Waals surface area contributed by atoms with Crippen LogP contribution in [0.4, 0.5) is 0 Å². The van der Waals surface area contributed by atoms with Crippen LogP contribution in [0.1, 0.15) is 19.8 Å². The van der Waals surface area contributed by atoms with E-state index in [4.69, 9.17) is 0 Å². The van der Waals surface area contributed by atoms with E-state index in [-0.39, 0.29) is 5.03 Å². The Kier molecular flexibility index (Phi) is 4.36. The normalized spacial score (nSPS) is 19.2. The van der Waals surface area contributed by atoms with Crippen molar-refractivity contribution in [2.45, 2.75) is 24.8 Å². The molecule has 7 heteroatoms. The number of hydrogen-bond donors (Lipinski definition) is 2. The van der Waals surface area contributed by atoms with Crippen molar-refractivity contribution in [3.05, 3.63) is 12.5 Å². The zero-order chi connectivity index (χ0) is 13.0. The quantitative estimate of drug-likeness (QED) is 0.814. The first-order chi connectivity index (χ1) is 8.64. The summed E-state index contributed by atoms with van der Waals surface area (Å²) in [6.07, 6.45) is 4.59. The van der Waals surface area contributed by atoms with Crippen LogP contribution in [-0.2, 0) is 10.0 Å². The van der Waals surface area contributed by atoms with Crippen molar-refractivity contribution in [2.24, 2.45) is 5.92 Å². The predicted octanol–water partition coefficient (Wildman–Crippen LogP) is 0.420. The Hall–Kier alpha value is -0.920. The van der Waals surface area contributed by atoms with Gasteiger partial charge in [0.1, 0.15) is 0 Å². The van der Waals surface area contributed by atoms with Gasteiger partial charge in [-0.3, -0.25) is 0 Å². The van der Waals surface area contributed by atoms with Crippen molar-refractivity contribution < 1.29 is 8.42 Å². The Bertz CT molecular complexity index is 449. The highest BCUT2D eigenvalue weighted by Crippen LogP contribution is 2.22. The van der Waals surface area contributed by atoms with Crippen LogP contribution in [0, 0.1) is 5.92 Å². The summed E-state index contributed by atoms with van der Waals surface area (Å²) in [7, 11) is -3.37. The predicted molar refractivity (Wildman–Crippen MR) is 68.6 cm³/mol. The van der Waals surface area contributed by atoms with E-state index in [0.29, 0.717) is 19.0 Å². The molecule has 0 atom stereocenters. The molecule has 0 aliphatic carbocycles. The van der Waals surface area contributed by atoms with Crippen LogP contribution < -0.4 is 5.32 Å². The van der Waals surface area contributed by atoms with Gasteiger partial charge in [-0.25, -0.2) is 13.4 Å². The molecule has 1 aromatic heterocycles. The summed E-state index contributed by atoms with van der Waals surface area (Å²) in [6, 6.07) is 0. The van der Waals surface area contributed by atoms with Crippen molar-refractivity contribution in [1.29, 1.82) is 0 Å². The molecule has 1 saturated heterocycles. The lowest BCUT2D eigenvalue weighted by atomic mass is 9.98. The Morgan fingerprint density at radius 1 is 1.50 bits per heavy atom. The first-order valence-corrected chi connectivity index (χ1v) is 7.78. The minimum absolute atomic E-state index is 0.188. The third kappa shape index (κ3) is 2.90. The summed E-state index contributed by atoms with van der Waals surface area (Å²) in [5.41, 5.74) is 0. The number of H-pyrrole nitrogens is 1. The standard InChI is InChI=1S/C11H20N4O2S/c1-2-12-7-10-3-5-15(6-4-10)18(16,17)11-8-13-9-14-11/h8-10,12H,2-7H2,1H3,(H,13,14). The molecule has 0 spiro atoms. The zero-order valence-corrected chi connectivity index (χ0v) is 11.4. The van der Waals surface area contributed by atoms with E-state index in [1.165, 1.54) is 12.5 Å². The number of aromatic nitrogens is 2. The minimum atomic E-state index is -3.37. The average Bonchev–Trinajstić information content (AvgIpc) is 2.91. The van der Waals surface area contributed by atoms with Gasteiger partial charge >= 0.3 is 0 Å². The summed E-state index contributed by atoms with van der Waals surface area (Å²) >= 11 is 0. The third-order valence-electron chi connectivity index (χ3n) is 3.35. The van der Waals surface area contributed by atoms with Gasteiger partial charge in [-0.2, -0.15) is 4.31 Å². The van der Waals surface area contributed by atoms with Crippen LogP contribution in [0.3, 0.4) is 0 Å². The van der Waals surface area contributed by atoms with Gasteiger partial charge in [-0.15, -0.1) is 0 Å². The fraction of sp³-hybridized carbons (Fsp3) is 0.727. The van der Waals surface area contributed by atoms with Gasteiger partial charge in [0.05, 0.1) is 12.5 Å². The Morgan fingerprint density at radius 3 is 2.78 bits per heavy atom. The van der Waals surface area contributed by atoms with E-state index in [9.17, 15) is 8.42 Å². The van der Waals surface area contributed by atoms with Gasteiger partial charge in [0.15, 0.2) is 5.03 Å². The Labute approximate surface area is 108 Å². The Morgan fingerprint density at radius 2 is 2.22 bits per heavy atom. The molecule has 6 nitrogen and oxygen atoms in total. The van der Waals surface area contributed by atoms with Crippen LogP contribution in [0.2, 0.25) is 0 Å². The molecule has 18 heavy (non-hydrogen) atoms. The molecule has 0 bridgehead atoms. The van der Waals surface area contributed by atoms with Gasteiger partial charge in [0.2, 0.25) is 0 Å². The monoisotopic (exact) mass is 272 g/mol. The summed E-state index contributed by atoms with van der Waals surface area (Å²) in [6.45, 7) is 5.22. The first-order valence-electron chi connectivity index (χ1n) is 6.34. The van der Waals surface area contributed by atoms with Gasteiger partial charge in [0.25, 0.3) is 10.0 Å². The van der Waals surface area contributed by atoms with Gasteiger partial charge in [-0.05, 0) is 31.8 Å². The molecule has 0 saturated carbocycles. The summed E-state index contributed by atoms with van der Waals surface area (Å²) in [4.78, 5) is 6.43. The molecule has 102 valence electrons. The Balaban J connectivity index is 1.94. The maximum Gasteiger partial charge on any atom is 0.260 e. The largest absolute Gasteiger partial charge is 0.335 e. The van der Waals surface area contributed by atoms with Gasteiger partial charge in [0, 0.05) is 13.1 Å². The topological polar surface area (TPSA) is 78.1 Å². The second kappa shape index (κ2) is 5.81. The molecule has 1 aromatic rings. The lowest BCUT2D eigenvalue weighted by Gasteiger charge is -2.30. The van der Waals surface area contributed by atoms with Crippen molar-refractivity contribution in [2.75, 3.05) is 26.2 Å². The van der Waals surface area contributed by atoms with Crippen LogP contribution in [-0.4, -0.2) is 48.9 Å². The van der Waals surface area contributed by atoms with Crippen molar-refractivity contribution >= 4 is 10.0 Å². The fourth-order valence-corrected chi connectivity index (χ4v) is 3.59. The van der Waals surface area contributed by atoms with Crippen LogP contribution >= 0.6 is 0 Å². The molecule has 2 rings (SSSR count). The molecule has 1 aliphatic rings. The molecule has 2 heterocycles. The van der Waals surface area contributed by atoms with E-state index >= 15 is 0 Å². The summed E-state index contributed by atoms with van der Waals surface area (Å²) in [5.74, 6) is 0.582. The number of nitrogens with zero attached hydrogens (tertiary/aromatic N) is 2. The zero-order valence-electron chi connectivity index (χ0n) is 10.6. The molecule has 0 aromatic carbocycles. The fourth-order valence-electron chi connectivity index (χ4n) is 2.23. The van der Waals surface area contributed by atoms with Crippen molar-refractivity contribution in [3.8, 4) is 0 Å². The molecule has 0 radical (unpaired) electrons. The third-order valence-corrected chi connectivity index (χ3v) is 5.17. The number of aromatic amines is 1. The van der Waals surface area contributed by atoms with Crippen LogP contribution in [0.5, 0.6) is 0 Å². The minimum Gasteiger partial charge on any atom is -0.335 e. The summed E-state index contributed by atoms with van der Waals surface area (Å²) in [5, 5.41) is 3.50. The maximum atomic E-state index is 12.2. The van der Waals surface area contributed by atoms with E-state index in [1.807, 2.05) is 0 Å². The highest BCUT2D eigenvalue weighted by Gasteiger charge is 2.29. The molecule has 0 amide bonds. The van der Waals surface area contributed by atoms with E-state index < -0.39 is 10.0 Å². The van der Waals surface area contributed by atoms with E-state index in [2.05, 4.69) is 22.2 Å². The lowest BCUT2D eigenvalue weighted by Crippen LogP contribution is -2.40. The number of sulfonamides is 1. The van der Waals surface area contributed by atoms with E-state index in [0.717, 1.165) is 25.9 Å². The lowest BCUT2D eigenvalue weighted by molar-refractivity contribution is 0.268. The molecule has 2 N–H and O–H groups in total.